The van der Waals surface area contributed by atoms with Gasteiger partial charge in [-0.25, -0.2) is 12.8 Å². The number of halogens is 1. The monoisotopic (exact) mass is 465 g/mol. The molecule has 1 atom stereocenters. The lowest BCUT2D eigenvalue weighted by atomic mass is 9.97. The van der Waals surface area contributed by atoms with Gasteiger partial charge in [0.25, 0.3) is 0 Å². The summed E-state index contributed by atoms with van der Waals surface area (Å²) in [6.07, 6.45) is 3.35. The lowest BCUT2D eigenvalue weighted by Crippen LogP contribution is -2.44. The van der Waals surface area contributed by atoms with Gasteiger partial charge in [-0.3, -0.25) is 9.69 Å². The summed E-state index contributed by atoms with van der Waals surface area (Å²) in [5.74, 6) is -0.661. The van der Waals surface area contributed by atoms with Crippen molar-refractivity contribution in [1.29, 1.82) is 0 Å². The molecule has 0 radical (unpaired) electrons. The van der Waals surface area contributed by atoms with E-state index in [1.807, 2.05) is 6.07 Å². The normalized spacial score (nSPS) is 20.0. The topological polar surface area (TPSA) is 69.7 Å². The number of benzene rings is 1. The Bertz CT molecular complexity index is 966. The van der Waals surface area contributed by atoms with E-state index in [0.717, 1.165) is 25.2 Å². The number of carbonyl (C=O) groups is 1. The van der Waals surface area contributed by atoms with Crippen molar-refractivity contribution in [3.05, 3.63) is 52.5 Å². The number of hydrogen-bond donors (Lipinski definition) is 1. The molecule has 1 amide bonds. The zero-order valence-corrected chi connectivity index (χ0v) is 19.0. The summed E-state index contributed by atoms with van der Waals surface area (Å²) < 4.78 is 40.0. The standard InChI is InChI=1S/C22H28FN3O3S2/c23-18-5-7-19(8-6-18)31(28,29)26-13-9-17(10-14-26)22(27)24-16-20(21-4-3-15-30-21)25-11-1-2-12-25/h3-8,15,17,20H,1-2,9-14,16H2,(H,24,27). The Kier molecular flexibility index (Phi) is 7.05. The van der Waals surface area contributed by atoms with Gasteiger partial charge in [0.2, 0.25) is 15.9 Å². The third kappa shape index (κ3) is 5.16. The van der Waals surface area contributed by atoms with E-state index in [0.29, 0.717) is 19.4 Å². The molecule has 1 aromatic heterocycles. The maximum Gasteiger partial charge on any atom is 0.243 e. The molecule has 0 aliphatic carbocycles. The summed E-state index contributed by atoms with van der Waals surface area (Å²) in [6.45, 7) is 3.26. The fraction of sp³-hybridized carbons (Fsp3) is 0.500. The first kappa shape index (κ1) is 22.4. The summed E-state index contributed by atoms with van der Waals surface area (Å²) in [6, 6.07) is 9.24. The summed E-state index contributed by atoms with van der Waals surface area (Å²) in [7, 11) is -3.66. The van der Waals surface area contributed by atoms with Gasteiger partial charge < -0.3 is 5.32 Å². The van der Waals surface area contributed by atoms with Crippen LogP contribution in [0, 0.1) is 11.7 Å². The number of rotatable bonds is 7. The summed E-state index contributed by atoms with van der Waals surface area (Å²) in [5, 5.41) is 5.19. The second-order valence-corrected chi connectivity index (χ2v) is 11.1. The Balaban J connectivity index is 1.32. The number of nitrogens with zero attached hydrogens (tertiary/aromatic N) is 2. The third-order valence-corrected chi connectivity index (χ3v) is 9.09. The highest BCUT2D eigenvalue weighted by Gasteiger charge is 2.33. The Labute approximate surface area is 187 Å². The molecule has 2 aliphatic heterocycles. The molecule has 2 saturated heterocycles. The average Bonchev–Trinajstić information content (AvgIpc) is 3.49. The molecule has 0 saturated carbocycles. The zero-order chi connectivity index (χ0) is 21.8. The predicted molar refractivity (Wildman–Crippen MR) is 119 cm³/mol. The number of carbonyl (C=O) groups excluding carboxylic acids is 1. The maximum absolute atomic E-state index is 13.1. The van der Waals surface area contributed by atoms with E-state index in [4.69, 9.17) is 0 Å². The van der Waals surface area contributed by atoms with Gasteiger partial charge in [-0.05, 0) is 74.5 Å². The zero-order valence-electron chi connectivity index (χ0n) is 17.4. The fourth-order valence-corrected chi connectivity index (χ4v) is 6.73. The molecule has 1 N–H and O–H groups in total. The van der Waals surface area contributed by atoms with Crippen LogP contribution < -0.4 is 5.32 Å². The molecule has 2 fully saturated rings. The van der Waals surface area contributed by atoms with Crippen molar-refractivity contribution >= 4 is 27.3 Å². The first-order valence-corrected chi connectivity index (χ1v) is 13.1. The number of sulfonamides is 1. The minimum atomic E-state index is -3.66. The van der Waals surface area contributed by atoms with Crippen molar-refractivity contribution < 1.29 is 17.6 Å². The van der Waals surface area contributed by atoms with Crippen LogP contribution in [-0.4, -0.2) is 56.3 Å². The van der Waals surface area contributed by atoms with Crippen molar-refractivity contribution in [1.82, 2.24) is 14.5 Å². The Morgan fingerprint density at radius 2 is 1.77 bits per heavy atom. The van der Waals surface area contributed by atoms with Crippen molar-refractivity contribution in [2.24, 2.45) is 5.92 Å². The van der Waals surface area contributed by atoms with Crippen molar-refractivity contribution in [2.45, 2.75) is 36.6 Å². The Hall–Kier alpha value is -1.81. The van der Waals surface area contributed by atoms with E-state index in [-0.39, 0.29) is 35.9 Å². The van der Waals surface area contributed by atoms with Gasteiger partial charge in [-0.2, -0.15) is 4.31 Å². The lowest BCUT2D eigenvalue weighted by molar-refractivity contribution is -0.126. The number of nitrogens with one attached hydrogen (secondary N) is 1. The van der Waals surface area contributed by atoms with Gasteiger partial charge >= 0.3 is 0 Å². The molecule has 2 aromatic rings. The van der Waals surface area contributed by atoms with E-state index < -0.39 is 15.8 Å². The molecular weight excluding hydrogens is 437 g/mol. The van der Waals surface area contributed by atoms with Crippen molar-refractivity contribution in [2.75, 3.05) is 32.7 Å². The largest absolute Gasteiger partial charge is 0.354 e. The van der Waals surface area contributed by atoms with Gasteiger partial charge in [0.05, 0.1) is 10.9 Å². The number of likely N-dealkylation sites (tertiary alicyclic amines) is 1. The van der Waals surface area contributed by atoms with Crippen LogP contribution in [0.5, 0.6) is 0 Å². The van der Waals surface area contributed by atoms with Crippen LogP contribution in [0.1, 0.15) is 36.6 Å². The average molecular weight is 466 g/mol. The summed E-state index contributed by atoms with van der Waals surface area (Å²) in [4.78, 5) is 16.6. The highest BCUT2D eigenvalue weighted by Crippen LogP contribution is 2.29. The predicted octanol–water partition coefficient (Wildman–Crippen LogP) is 3.24. The number of thiophene rings is 1. The van der Waals surface area contributed by atoms with Gasteiger partial charge in [0, 0.05) is 30.4 Å². The molecule has 3 heterocycles. The van der Waals surface area contributed by atoms with Gasteiger partial charge in [0.1, 0.15) is 5.82 Å². The highest BCUT2D eigenvalue weighted by atomic mass is 32.2. The Morgan fingerprint density at radius 3 is 2.39 bits per heavy atom. The first-order valence-electron chi connectivity index (χ1n) is 10.8. The highest BCUT2D eigenvalue weighted by molar-refractivity contribution is 7.89. The molecule has 168 valence electrons. The van der Waals surface area contributed by atoms with Crippen LogP contribution in [0.4, 0.5) is 4.39 Å². The molecule has 9 heteroatoms. The minimum absolute atomic E-state index is 0.000386. The van der Waals surface area contributed by atoms with Crippen LogP contribution in [0.25, 0.3) is 0 Å². The van der Waals surface area contributed by atoms with Crippen LogP contribution >= 0.6 is 11.3 Å². The minimum Gasteiger partial charge on any atom is -0.354 e. The van der Waals surface area contributed by atoms with Crippen LogP contribution in [0.3, 0.4) is 0 Å². The van der Waals surface area contributed by atoms with Crippen molar-refractivity contribution in [3.63, 3.8) is 0 Å². The van der Waals surface area contributed by atoms with Crippen LogP contribution in [0.15, 0.2) is 46.7 Å². The van der Waals surface area contributed by atoms with Crippen molar-refractivity contribution in [3.8, 4) is 0 Å². The first-order chi connectivity index (χ1) is 14.9. The summed E-state index contributed by atoms with van der Waals surface area (Å²) in [5.41, 5.74) is 0. The Morgan fingerprint density at radius 1 is 1.10 bits per heavy atom. The molecule has 31 heavy (non-hydrogen) atoms. The van der Waals surface area contributed by atoms with Gasteiger partial charge in [-0.1, -0.05) is 6.07 Å². The molecule has 0 bridgehead atoms. The molecule has 0 spiro atoms. The fourth-order valence-electron chi connectivity index (χ4n) is 4.40. The van der Waals surface area contributed by atoms with E-state index in [1.165, 1.54) is 34.2 Å². The molecule has 2 aliphatic rings. The second kappa shape index (κ2) is 9.77. The number of hydrogen-bond acceptors (Lipinski definition) is 5. The molecular formula is C22H28FN3O3S2. The molecule has 6 nitrogen and oxygen atoms in total. The quantitative estimate of drug-likeness (QED) is 0.682. The summed E-state index contributed by atoms with van der Waals surface area (Å²) >= 11 is 1.72. The van der Waals surface area contributed by atoms with Gasteiger partial charge in [-0.15, -0.1) is 11.3 Å². The third-order valence-electron chi connectivity index (χ3n) is 6.20. The second-order valence-electron chi connectivity index (χ2n) is 8.15. The SMILES string of the molecule is O=C(NCC(c1cccs1)N1CCCC1)C1CCN(S(=O)(=O)c2ccc(F)cc2)CC1. The van der Waals surface area contributed by atoms with Crippen LogP contribution in [0.2, 0.25) is 0 Å². The van der Waals surface area contributed by atoms with Gasteiger partial charge in [0.15, 0.2) is 0 Å². The molecule has 1 unspecified atom stereocenters. The van der Waals surface area contributed by atoms with Crippen LogP contribution in [-0.2, 0) is 14.8 Å². The van der Waals surface area contributed by atoms with E-state index >= 15 is 0 Å². The van der Waals surface area contributed by atoms with E-state index in [2.05, 4.69) is 21.7 Å². The van der Waals surface area contributed by atoms with E-state index in [9.17, 15) is 17.6 Å². The maximum atomic E-state index is 13.1. The lowest BCUT2D eigenvalue weighted by Gasteiger charge is -2.31. The molecule has 4 rings (SSSR count). The number of piperidine rings is 1. The number of amides is 1. The van der Waals surface area contributed by atoms with E-state index in [1.54, 1.807) is 11.3 Å². The smallest absolute Gasteiger partial charge is 0.243 e. The molecule has 1 aromatic carbocycles.